The third kappa shape index (κ3) is 4.32. The lowest BCUT2D eigenvalue weighted by molar-refractivity contribution is 0.0714. The molecule has 0 aromatic heterocycles. The number of aliphatic hydroxyl groups excluding tert-OH is 1. The maximum absolute atomic E-state index is 10.7. The molecule has 2 rings (SSSR count). The van der Waals surface area contributed by atoms with Gasteiger partial charge in [0.2, 0.25) is 0 Å². The van der Waals surface area contributed by atoms with E-state index in [4.69, 9.17) is 0 Å². The molecule has 1 aromatic rings. The molecule has 1 aliphatic rings. The largest absolute Gasteiger partial charge is 0.388 e. The maximum Gasteiger partial charge on any atom is 0.0829 e. The molecule has 0 aliphatic heterocycles. The lowest BCUT2D eigenvalue weighted by Crippen LogP contribution is -2.20. The van der Waals surface area contributed by atoms with E-state index < -0.39 is 0 Å². The zero-order valence-corrected chi connectivity index (χ0v) is 15.3. The van der Waals surface area contributed by atoms with Crippen molar-refractivity contribution in [2.24, 2.45) is 11.8 Å². The molecule has 0 radical (unpaired) electrons. The van der Waals surface area contributed by atoms with E-state index in [-0.39, 0.29) is 6.10 Å². The number of hydrogen-bond acceptors (Lipinski definition) is 1. The van der Waals surface area contributed by atoms with Crippen LogP contribution in [0.3, 0.4) is 0 Å². The summed E-state index contributed by atoms with van der Waals surface area (Å²) in [4.78, 5) is 0. The summed E-state index contributed by atoms with van der Waals surface area (Å²) >= 11 is 7.06. The monoisotopic (exact) mass is 402 g/mol. The molecular weight excluding hydrogens is 380 g/mol. The van der Waals surface area contributed by atoms with Gasteiger partial charge < -0.3 is 5.11 Å². The van der Waals surface area contributed by atoms with Crippen LogP contribution in [0.2, 0.25) is 0 Å². The Kier molecular flexibility index (Phi) is 6.57. The summed E-state index contributed by atoms with van der Waals surface area (Å²) in [7, 11) is 0. The van der Waals surface area contributed by atoms with Crippen LogP contribution in [0.4, 0.5) is 0 Å². The molecule has 0 saturated heterocycles. The van der Waals surface area contributed by atoms with Crippen molar-refractivity contribution in [1.82, 2.24) is 0 Å². The summed E-state index contributed by atoms with van der Waals surface area (Å²) in [5.41, 5.74) is 1.02. The molecule has 0 heterocycles. The highest BCUT2D eigenvalue weighted by atomic mass is 79.9. The molecule has 1 atom stereocenters. The Morgan fingerprint density at radius 1 is 1.20 bits per heavy atom. The quantitative estimate of drug-likeness (QED) is 0.616. The maximum atomic E-state index is 10.7. The Morgan fingerprint density at radius 2 is 1.90 bits per heavy atom. The van der Waals surface area contributed by atoms with Gasteiger partial charge in [-0.05, 0) is 48.4 Å². The van der Waals surface area contributed by atoms with Gasteiger partial charge in [0.15, 0.2) is 0 Å². The Balaban J connectivity index is 1.94. The van der Waals surface area contributed by atoms with Crippen molar-refractivity contribution in [1.29, 1.82) is 0 Å². The molecule has 112 valence electrons. The molecule has 0 amide bonds. The van der Waals surface area contributed by atoms with Gasteiger partial charge in [0.25, 0.3) is 0 Å². The molecular formula is C17H24Br2O. The van der Waals surface area contributed by atoms with E-state index in [1.54, 1.807) is 0 Å². The summed E-state index contributed by atoms with van der Waals surface area (Å²) in [5.74, 6) is 1.31. The fourth-order valence-corrected chi connectivity index (χ4v) is 4.14. The predicted octanol–water partition coefficient (Wildman–Crippen LogP) is 6.24. The van der Waals surface area contributed by atoms with Crippen LogP contribution >= 0.6 is 31.9 Å². The van der Waals surface area contributed by atoms with E-state index in [2.05, 4.69) is 38.8 Å². The molecule has 1 fully saturated rings. The van der Waals surface area contributed by atoms with Crippen LogP contribution in [-0.4, -0.2) is 5.11 Å². The van der Waals surface area contributed by atoms with Gasteiger partial charge in [0.05, 0.1) is 6.10 Å². The minimum absolute atomic E-state index is 0.339. The molecule has 1 aromatic carbocycles. The minimum Gasteiger partial charge on any atom is -0.388 e. The van der Waals surface area contributed by atoms with Crippen LogP contribution in [0.15, 0.2) is 27.1 Å². The van der Waals surface area contributed by atoms with Gasteiger partial charge in [-0.2, -0.15) is 0 Å². The van der Waals surface area contributed by atoms with Crippen LogP contribution in [0.25, 0.3) is 0 Å². The highest BCUT2D eigenvalue weighted by Crippen LogP contribution is 2.40. The number of halogens is 2. The van der Waals surface area contributed by atoms with Crippen LogP contribution < -0.4 is 0 Å². The second-order valence-electron chi connectivity index (χ2n) is 6.03. The van der Waals surface area contributed by atoms with Crippen molar-refractivity contribution in [2.75, 3.05) is 0 Å². The second-order valence-corrected chi connectivity index (χ2v) is 7.80. The summed E-state index contributed by atoms with van der Waals surface area (Å²) in [6.45, 7) is 2.26. The van der Waals surface area contributed by atoms with Crippen molar-refractivity contribution in [3.8, 4) is 0 Å². The zero-order valence-electron chi connectivity index (χ0n) is 12.1. The van der Waals surface area contributed by atoms with E-state index in [9.17, 15) is 5.11 Å². The average Bonchev–Trinajstić information content (AvgIpc) is 2.47. The summed E-state index contributed by atoms with van der Waals surface area (Å²) in [5, 5.41) is 10.7. The Labute approximate surface area is 139 Å². The van der Waals surface area contributed by atoms with E-state index in [0.29, 0.717) is 5.92 Å². The molecule has 1 nitrogen and oxygen atoms in total. The van der Waals surface area contributed by atoms with Crippen molar-refractivity contribution in [3.63, 3.8) is 0 Å². The van der Waals surface area contributed by atoms with E-state index in [1.807, 2.05) is 18.2 Å². The van der Waals surface area contributed by atoms with Crippen molar-refractivity contribution in [2.45, 2.75) is 58.0 Å². The second kappa shape index (κ2) is 7.95. The number of unbranched alkanes of at least 4 members (excludes halogenated alkanes) is 1. The Hall–Kier alpha value is 0.140. The van der Waals surface area contributed by atoms with Crippen molar-refractivity contribution < 1.29 is 5.11 Å². The Morgan fingerprint density at radius 3 is 2.55 bits per heavy atom. The van der Waals surface area contributed by atoms with Gasteiger partial charge in [-0.25, -0.2) is 0 Å². The third-order valence-electron chi connectivity index (χ3n) is 4.58. The number of rotatable bonds is 5. The highest BCUT2D eigenvalue weighted by molar-refractivity contribution is 9.11. The van der Waals surface area contributed by atoms with Crippen LogP contribution in [0.5, 0.6) is 0 Å². The van der Waals surface area contributed by atoms with Gasteiger partial charge in [-0.1, -0.05) is 70.9 Å². The first-order valence-corrected chi connectivity index (χ1v) is 9.33. The molecule has 20 heavy (non-hydrogen) atoms. The molecule has 1 aliphatic carbocycles. The number of hydrogen-bond donors (Lipinski definition) is 1. The highest BCUT2D eigenvalue weighted by Gasteiger charge is 2.28. The summed E-state index contributed by atoms with van der Waals surface area (Å²) < 4.78 is 2.05. The van der Waals surface area contributed by atoms with Crippen molar-refractivity contribution >= 4 is 31.9 Å². The molecule has 0 bridgehead atoms. The van der Waals surface area contributed by atoms with Gasteiger partial charge in [0, 0.05) is 8.95 Å². The van der Waals surface area contributed by atoms with Gasteiger partial charge in [-0.3, -0.25) is 0 Å². The molecule has 3 heteroatoms. The number of benzene rings is 1. The number of aliphatic hydroxyl groups is 1. The normalized spacial score (nSPS) is 24.6. The van der Waals surface area contributed by atoms with E-state index in [0.717, 1.165) is 33.3 Å². The Bertz CT molecular complexity index is 425. The summed E-state index contributed by atoms with van der Waals surface area (Å²) in [6, 6.07) is 6.05. The third-order valence-corrected chi connectivity index (χ3v) is 5.80. The lowest BCUT2D eigenvalue weighted by Gasteiger charge is -2.32. The van der Waals surface area contributed by atoms with Gasteiger partial charge in [-0.15, -0.1) is 0 Å². The topological polar surface area (TPSA) is 20.2 Å². The SMILES string of the molecule is CCCCC1CCC(C(O)c2cc(Br)ccc2Br)CC1. The average molecular weight is 404 g/mol. The van der Waals surface area contributed by atoms with Gasteiger partial charge in [0.1, 0.15) is 0 Å². The van der Waals surface area contributed by atoms with Crippen molar-refractivity contribution in [3.05, 3.63) is 32.7 Å². The first-order valence-electron chi connectivity index (χ1n) is 7.74. The van der Waals surface area contributed by atoms with Crippen LogP contribution in [0, 0.1) is 11.8 Å². The minimum atomic E-state index is -0.339. The van der Waals surface area contributed by atoms with Crippen LogP contribution in [-0.2, 0) is 0 Å². The molecule has 1 N–H and O–H groups in total. The van der Waals surface area contributed by atoms with Gasteiger partial charge >= 0.3 is 0 Å². The first kappa shape index (κ1) is 16.5. The molecule has 1 saturated carbocycles. The smallest absolute Gasteiger partial charge is 0.0829 e. The zero-order chi connectivity index (χ0) is 14.5. The standard InChI is InChI=1S/C17H24Br2O/c1-2-3-4-12-5-7-13(8-6-12)17(20)15-11-14(18)9-10-16(15)19/h9-13,17,20H,2-8H2,1H3. The van der Waals surface area contributed by atoms with E-state index >= 15 is 0 Å². The van der Waals surface area contributed by atoms with E-state index in [1.165, 1.54) is 32.1 Å². The predicted molar refractivity (Wildman–Crippen MR) is 91.8 cm³/mol. The fraction of sp³-hybridized carbons (Fsp3) is 0.647. The van der Waals surface area contributed by atoms with Crippen LogP contribution in [0.1, 0.15) is 63.5 Å². The fourth-order valence-electron chi connectivity index (χ4n) is 3.28. The first-order chi connectivity index (χ1) is 9.61. The lowest BCUT2D eigenvalue weighted by atomic mass is 9.76. The molecule has 1 unspecified atom stereocenters. The molecule has 0 spiro atoms. The summed E-state index contributed by atoms with van der Waals surface area (Å²) in [6.07, 6.45) is 8.58.